The van der Waals surface area contributed by atoms with Crippen molar-refractivity contribution < 1.29 is 32.3 Å². The number of alkyl halides is 3. The average molecular weight is 460 g/mol. The lowest BCUT2D eigenvalue weighted by Crippen LogP contribution is -2.36. The maximum absolute atomic E-state index is 12.8. The Morgan fingerprint density at radius 2 is 1.91 bits per heavy atom. The first-order chi connectivity index (χ1) is 15.2. The Hall–Kier alpha value is -3.71. The van der Waals surface area contributed by atoms with E-state index >= 15 is 0 Å². The molecule has 0 atom stereocenters. The second-order valence-electron chi connectivity index (χ2n) is 6.46. The van der Waals surface area contributed by atoms with Gasteiger partial charge in [0.1, 0.15) is 18.9 Å². The summed E-state index contributed by atoms with van der Waals surface area (Å²) in [4.78, 5) is 37.8. The summed E-state index contributed by atoms with van der Waals surface area (Å²) in [5, 5.41) is 1.61. The predicted octanol–water partition coefficient (Wildman–Crippen LogP) is 4.39. The molecule has 1 aliphatic rings. The van der Waals surface area contributed by atoms with Crippen molar-refractivity contribution in [2.75, 3.05) is 18.5 Å². The van der Waals surface area contributed by atoms with Crippen LogP contribution in [-0.4, -0.2) is 35.1 Å². The van der Waals surface area contributed by atoms with Gasteiger partial charge < -0.3 is 10.1 Å². The summed E-state index contributed by atoms with van der Waals surface area (Å²) in [7, 11) is 0. The number of hydrogen-bond acceptors (Lipinski definition) is 5. The van der Waals surface area contributed by atoms with Gasteiger partial charge in [0.25, 0.3) is 11.1 Å². The lowest BCUT2D eigenvalue weighted by molar-refractivity contribution is -0.137. The normalized spacial score (nSPS) is 15.1. The quantitative estimate of drug-likeness (QED) is 0.511. The molecule has 3 rings (SSSR count). The number of hydrogen-bond donors (Lipinski definition) is 1. The molecule has 6 nitrogen and oxygen atoms in total. The van der Waals surface area contributed by atoms with Crippen LogP contribution in [0.2, 0.25) is 0 Å². The van der Waals surface area contributed by atoms with E-state index in [2.05, 4.69) is 11.2 Å². The molecule has 1 N–H and O–H groups in total. The highest BCUT2D eigenvalue weighted by Gasteiger charge is 2.36. The zero-order chi connectivity index (χ0) is 23.3. The number of rotatable bonds is 6. The van der Waals surface area contributed by atoms with E-state index in [9.17, 15) is 27.6 Å². The van der Waals surface area contributed by atoms with Crippen LogP contribution in [0, 0.1) is 12.3 Å². The van der Waals surface area contributed by atoms with Gasteiger partial charge >= 0.3 is 6.18 Å². The van der Waals surface area contributed by atoms with Crippen LogP contribution in [-0.2, 0) is 15.8 Å². The number of imide groups is 1. The lowest BCUT2D eigenvalue weighted by Gasteiger charge is -2.13. The summed E-state index contributed by atoms with van der Waals surface area (Å²) in [5.41, 5.74) is -0.406. The van der Waals surface area contributed by atoms with Crippen molar-refractivity contribution in [3.05, 3.63) is 64.6 Å². The number of terminal acetylenes is 1. The van der Waals surface area contributed by atoms with Gasteiger partial charge in [0.15, 0.2) is 0 Å². The zero-order valence-corrected chi connectivity index (χ0v) is 17.1. The highest BCUT2D eigenvalue weighted by atomic mass is 32.2. The summed E-state index contributed by atoms with van der Waals surface area (Å²) >= 11 is 0.661. The van der Waals surface area contributed by atoms with Crippen LogP contribution in [0.25, 0.3) is 6.08 Å². The predicted molar refractivity (Wildman–Crippen MR) is 114 cm³/mol. The van der Waals surface area contributed by atoms with E-state index in [0.717, 1.165) is 23.1 Å². The minimum atomic E-state index is -4.57. The van der Waals surface area contributed by atoms with Crippen molar-refractivity contribution >= 4 is 40.6 Å². The van der Waals surface area contributed by atoms with E-state index in [-0.39, 0.29) is 17.2 Å². The van der Waals surface area contributed by atoms with Gasteiger partial charge in [0.05, 0.1) is 10.5 Å². The maximum atomic E-state index is 12.8. The molecule has 0 bridgehead atoms. The van der Waals surface area contributed by atoms with Crippen molar-refractivity contribution in [1.82, 2.24) is 4.90 Å². The van der Waals surface area contributed by atoms with Crippen molar-refractivity contribution in [1.29, 1.82) is 0 Å². The Morgan fingerprint density at radius 3 is 2.56 bits per heavy atom. The third kappa shape index (κ3) is 5.70. The lowest BCUT2D eigenvalue weighted by atomic mass is 10.2. The van der Waals surface area contributed by atoms with E-state index in [4.69, 9.17) is 11.2 Å². The molecule has 1 heterocycles. The number of ether oxygens (including phenoxy) is 1. The molecule has 2 aromatic carbocycles. The van der Waals surface area contributed by atoms with Crippen LogP contribution in [0.1, 0.15) is 11.1 Å². The highest BCUT2D eigenvalue weighted by Crippen LogP contribution is 2.33. The largest absolute Gasteiger partial charge is 0.481 e. The number of nitrogens with one attached hydrogen (secondary N) is 1. The van der Waals surface area contributed by atoms with Gasteiger partial charge in [-0.25, -0.2) is 0 Å². The number of carbonyl (C=O) groups excluding carboxylic acids is 3. The molecule has 0 aromatic heterocycles. The minimum Gasteiger partial charge on any atom is -0.481 e. The number of halogens is 3. The van der Waals surface area contributed by atoms with Crippen LogP contribution in [0.5, 0.6) is 5.75 Å². The minimum absolute atomic E-state index is 0.0977. The molecule has 3 amide bonds. The van der Waals surface area contributed by atoms with Crippen molar-refractivity contribution in [3.8, 4) is 18.1 Å². The second kappa shape index (κ2) is 9.62. The first-order valence-electron chi connectivity index (χ1n) is 9.06. The molecule has 0 unspecified atom stereocenters. The van der Waals surface area contributed by atoms with Gasteiger partial charge in [-0.15, -0.1) is 6.42 Å². The van der Waals surface area contributed by atoms with Gasteiger partial charge in [-0.1, -0.05) is 24.1 Å². The molecule has 10 heteroatoms. The Labute approximate surface area is 185 Å². The monoisotopic (exact) mass is 460 g/mol. The molecule has 0 spiro atoms. The van der Waals surface area contributed by atoms with Gasteiger partial charge in [-0.3, -0.25) is 19.3 Å². The molecule has 1 aliphatic heterocycles. The number of thioether (sulfide) groups is 1. The first kappa shape index (κ1) is 23.0. The van der Waals surface area contributed by atoms with E-state index in [1.54, 1.807) is 24.3 Å². The summed E-state index contributed by atoms with van der Waals surface area (Å²) in [6.45, 7) is -0.516. The van der Waals surface area contributed by atoms with E-state index < -0.39 is 35.3 Å². The van der Waals surface area contributed by atoms with Crippen LogP contribution >= 0.6 is 11.8 Å². The van der Waals surface area contributed by atoms with Crippen LogP contribution in [0.15, 0.2) is 53.4 Å². The van der Waals surface area contributed by atoms with E-state index in [1.165, 1.54) is 12.1 Å². The molecule has 2 aromatic rings. The van der Waals surface area contributed by atoms with Gasteiger partial charge in [-0.2, -0.15) is 13.2 Å². The molecule has 0 saturated carbocycles. The van der Waals surface area contributed by atoms with Crippen LogP contribution in [0.4, 0.5) is 23.7 Å². The second-order valence-corrected chi connectivity index (χ2v) is 7.45. The van der Waals surface area contributed by atoms with Crippen molar-refractivity contribution in [2.24, 2.45) is 0 Å². The number of carbonyl (C=O) groups is 3. The molecule has 0 aliphatic carbocycles. The van der Waals surface area contributed by atoms with Crippen molar-refractivity contribution in [3.63, 3.8) is 0 Å². The van der Waals surface area contributed by atoms with Gasteiger partial charge in [0, 0.05) is 5.69 Å². The fourth-order valence-electron chi connectivity index (χ4n) is 2.69. The number of benzene rings is 2. The number of amides is 3. The Balaban J connectivity index is 1.65. The topological polar surface area (TPSA) is 75.7 Å². The fraction of sp³-hybridized carbons (Fsp3) is 0.136. The molecule has 32 heavy (non-hydrogen) atoms. The summed E-state index contributed by atoms with van der Waals surface area (Å²) in [6.07, 6.45) is 2.04. The SMILES string of the molecule is C#CCOc1ccc(/C=C2\SC(=O)N(CC(=O)Nc3cccc(C(F)(F)F)c3)C2=O)cc1. The average Bonchev–Trinajstić information content (AvgIpc) is 3.00. The molecule has 1 saturated heterocycles. The summed E-state index contributed by atoms with van der Waals surface area (Å²) in [6, 6.07) is 10.7. The molecule has 164 valence electrons. The standard InChI is InChI=1S/C22H15F3N2O4S/c1-2-10-31-17-8-6-14(7-9-17)11-18-20(29)27(21(30)32-18)13-19(28)26-16-5-3-4-15(12-16)22(23,24)25/h1,3-9,11-12H,10,13H2,(H,26,28)/b18-11-. The van der Waals surface area contributed by atoms with Crippen LogP contribution in [0.3, 0.4) is 0 Å². The Kier molecular flexibility index (Phi) is 6.90. The summed E-state index contributed by atoms with van der Waals surface area (Å²) in [5.74, 6) is 1.40. The Bertz CT molecular complexity index is 1120. The molecular formula is C22H15F3N2O4S. The smallest absolute Gasteiger partial charge is 0.416 e. The first-order valence-corrected chi connectivity index (χ1v) is 9.88. The van der Waals surface area contributed by atoms with Gasteiger partial charge in [0.2, 0.25) is 5.91 Å². The zero-order valence-electron chi connectivity index (χ0n) is 16.3. The highest BCUT2D eigenvalue weighted by molar-refractivity contribution is 8.18. The summed E-state index contributed by atoms with van der Waals surface area (Å²) < 4.78 is 43.7. The third-order valence-corrected chi connectivity index (χ3v) is 5.06. The van der Waals surface area contributed by atoms with Gasteiger partial charge in [-0.05, 0) is 53.7 Å². The van der Waals surface area contributed by atoms with E-state index in [0.29, 0.717) is 23.1 Å². The molecule has 1 fully saturated rings. The number of nitrogens with zero attached hydrogens (tertiary/aromatic N) is 1. The molecule has 0 radical (unpaired) electrons. The number of anilines is 1. The van der Waals surface area contributed by atoms with E-state index in [1.807, 2.05) is 0 Å². The Morgan fingerprint density at radius 1 is 1.19 bits per heavy atom. The van der Waals surface area contributed by atoms with Crippen LogP contribution < -0.4 is 10.1 Å². The van der Waals surface area contributed by atoms with Crippen molar-refractivity contribution in [2.45, 2.75) is 6.18 Å². The maximum Gasteiger partial charge on any atom is 0.416 e. The third-order valence-electron chi connectivity index (χ3n) is 4.15. The molecular weight excluding hydrogens is 445 g/mol. The fourth-order valence-corrected chi connectivity index (χ4v) is 3.53.